The third-order valence-corrected chi connectivity index (χ3v) is 8.06. The zero-order chi connectivity index (χ0) is 18.9. The lowest BCUT2D eigenvalue weighted by Crippen LogP contribution is -2.07. The van der Waals surface area contributed by atoms with Gasteiger partial charge in [-0.3, -0.25) is 0 Å². The van der Waals surface area contributed by atoms with E-state index in [1.807, 2.05) is 5.38 Å². The van der Waals surface area contributed by atoms with Gasteiger partial charge in [-0.25, -0.2) is 13.4 Å². The Morgan fingerprint density at radius 3 is 2.81 bits per heavy atom. The molecule has 1 saturated heterocycles. The Balaban J connectivity index is 1.33. The molecule has 1 unspecified atom stereocenters. The van der Waals surface area contributed by atoms with E-state index < -0.39 is 9.84 Å². The summed E-state index contributed by atoms with van der Waals surface area (Å²) in [5.41, 5.74) is 3.32. The van der Waals surface area contributed by atoms with Gasteiger partial charge in [0, 0.05) is 23.1 Å². The van der Waals surface area contributed by atoms with E-state index >= 15 is 0 Å². The zero-order valence-electron chi connectivity index (χ0n) is 14.8. The first-order valence-electron chi connectivity index (χ1n) is 8.64. The maximum absolute atomic E-state index is 11.5. The van der Waals surface area contributed by atoms with E-state index in [9.17, 15) is 8.42 Å². The van der Waals surface area contributed by atoms with Gasteiger partial charge >= 0.3 is 0 Å². The van der Waals surface area contributed by atoms with Gasteiger partial charge in [-0.15, -0.1) is 21.5 Å². The summed E-state index contributed by atoms with van der Waals surface area (Å²) in [5, 5.41) is 11.6. The summed E-state index contributed by atoms with van der Waals surface area (Å²) in [6.07, 6.45) is 1.20. The minimum atomic E-state index is -2.88. The van der Waals surface area contributed by atoms with Crippen molar-refractivity contribution in [2.24, 2.45) is 5.92 Å². The number of hydrogen-bond donors (Lipinski definition) is 0. The maximum atomic E-state index is 11.5. The van der Waals surface area contributed by atoms with Crippen LogP contribution in [0.2, 0.25) is 0 Å². The number of thioether (sulfide) groups is 1. The lowest BCUT2D eigenvalue weighted by atomic mass is 10.1. The van der Waals surface area contributed by atoms with Crippen LogP contribution in [0.3, 0.4) is 0 Å². The molecule has 0 N–H and O–H groups in total. The molecule has 6 nitrogen and oxygen atoms in total. The molecule has 9 heteroatoms. The van der Waals surface area contributed by atoms with Crippen LogP contribution >= 0.6 is 23.1 Å². The van der Waals surface area contributed by atoms with Crippen molar-refractivity contribution < 1.29 is 12.8 Å². The van der Waals surface area contributed by atoms with Crippen LogP contribution in [0.5, 0.6) is 0 Å². The quantitative estimate of drug-likeness (QED) is 0.560. The van der Waals surface area contributed by atoms with E-state index in [-0.39, 0.29) is 17.4 Å². The van der Waals surface area contributed by atoms with Gasteiger partial charge < -0.3 is 4.42 Å². The summed E-state index contributed by atoms with van der Waals surface area (Å²) in [5.74, 6) is 1.74. The van der Waals surface area contributed by atoms with Gasteiger partial charge in [-0.2, -0.15) is 0 Å². The largest absolute Gasteiger partial charge is 0.416 e. The molecule has 1 atom stereocenters. The van der Waals surface area contributed by atoms with E-state index in [1.54, 1.807) is 11.3 Å². The van der Waals surface area contributed by atoms with Crippen molar-refractivity contribution in [1.82, 2.24) is 15.2 Å². The summed E-state index contributed by atoms with van der Waals surface area (Å²) in [7, 11) is -2.88. The molecule has 142 valence electrons. The average Bonchev–Trinajstić information content (AvgIpc) is 3.34. The van der Waals surface area contributed by atoms with E-state index in [4.69, 9.17) is 4.42 Å². The Labute approximate surface area is 166 Å². The summed E-state index contributed by atoms with van der Waals surface area (Å²) in [6, 6.07) is 8.33. The summed E-state index contributed by atoms with van der Waals surface area (Å²) in [6.45, 7) is 2.07. The highest BCUT2D eigenvalue weighted by atomic mass is 32.2. The molecule has 0 aliphatic carbocycles. The minimum Gasteiger partial charge on any atom is -0.416 e. The van der Waals surface area contributed by atoms with Crippen LogP contribution in [0.15, 0.2) is 39.3 Å². The lowest BCUT2D eigenvalue weighted by Gasteiger charge is -2.01. The van der Waals surface area contributed by atoms with Crippen LogP contribution in [0.4, 0.5) is 0 Å². The fraction of sp³-hybridized carbons (Fsp3) is 0.389. The van der Waals surface area contributed by atoms with Crippen LogP contribution in [-0.4, -0.2) is 35.1 Å². The van der Waals surface area contributed by atoms with Gasteiger partial charge in [0.05, 0.1) is 17.2 Å². The van der Waals surface area contributed by atoms with Crippen LogP contribution in [0, 0.1) is 12.8 Å². The standard InChI is InChI=1S/C18H19N3O3S3/c1-12-2-4-14(5-3-12)17-19-15(9-25-17)10-26-18-21-20-16(24-18)8-13-6-7-27(22,23)11-13/h2-5,9,13H,6-8,10-11H2,1H3. The number of rotatable bonds is 6. The molecule has 3 heterocycles. The van der Waals surface area contributed by atoms with Crippen molar-refractivity contribution in [3.05, 3.63) is 46.8 Å². The second-order valence-electron chi connectivity index (χ2n) is 6.73. The number of benzene rings is 1. The highest BCUT2D eigenvalue weighted by Crippen LogP contribution is 2.28. The fourth-order valence-electron chi connectivity index (χ4n) is 3.00. The number of aryl methyl sites for hydroxylation is 1. The molecule has 27 heavy (non-hydrogen) atoms. The molecule has 1 aliphatic rings. The molecule has 4 rings (SSSR count). The fourth-order valence-corrected chi connectivity index (χ4v) is 6.46. The average molecular weight is 422 g/mol. The number of thiazole rings is 1. The Morgan fingerprint density at radius 1 is 1.26 bits per heavy atom. The first-order valence-corrected chi connectivity index (χ1v) is 12.3. The summed E-state index contributed by atoms with van der Waals surface area (Å²) in [4.78, 5) is 4.67. The summed E-state index contributed by atoms with van der Waals surface area (Å²) < 4.78 is 28.7. The van der Waals surface area contributed by atoms with Gasteiger partial charge in [0.1, 0.15) is 5.01 Å². The van der Waals surface area contributed by atoms with E-state index in [1.165, 1.54) is 17.3 Å². The second-order valence-corrected chi connectivity index (χ2v) is 10.7. The van der Waals surface area contributed by atoms with Crippen LogP contribution in [0.1, 0.15) is 23.6 Å². The van der Waals surface area contributed by atoms with Crippen molar-refractivity contribution in [3.63, 3.8) is 0 Å². The van der Waals surface area contributed by atoms with Crippen molar-refractivity contribution in [1.29, 1.82) is 0 Å². The maximum Gasteiger partial charge on any atom is 0.276 e. The van der Waals surface area contributed by atoms with Crippen molar-refractivity contribution in [3.8, 4) is 10.6 Å². The van der Waals surface area contributed by atoms with Crippen molar-refractivity contribution >= 4 is 32.9 Å². The number of nitrogens with zero attached hydrogens (tertiary/aromatic N) is 3. The second kappa shape index (κ2) is 7.73. The molecule has 0 spiro atoms. The van der Waals surface area contributed by atoms with Crippen molar-refractivity contribution in [2.45, 2.75) is 30.7 Å². The molecule has 0 saturated carbocycles. The van der Waals surface area contributed by atoms with Gasteiger partial charge in [0.15, 0.2) is 9.84 Å². The minimum absolute atomic E-state index is 0.0870. The van der Waals surface area contributed by atoms with Crippen molar-refractivity contribution in [2.75, 3.05) is 11.5 Å². The SMILES string of the molecule is Cc1ccc(-c2nc(CSc3nnc(CC4CCS(=O)(=O)C4)o3)cs2)cc1. The van der Waals surface area contributed by atoms with E-state index in [2.05, 4.69) is 46.4 Å². The number of hydrogen-bond acceptors (Lipinski definition) is 8. The highest BCUT2D eigenvalue weighted by molar-refractivity contribution is 7.98. The van der Waals surface area contributed by atoms with Gasteiger partial charge in [0.25, 0.3) is 5.22 Å². The normalized spacial score (nSPS) is 18.8. The molecular weight excluding hydrogens is 402 g/mol. The Morgan fingerprint density at radius 2 is 2.07 bits per heavy atom. The van der Waals surface area contributed by atoms with Crippen LogP contribution in [0.25, 0.3) is 10.6 Å². The smallest absolute Gasteiger partial charge is 0.276 e. The topological polar surface area (TPSA) is 86.0 Å². The number of sulfone groups is 1. The molecule has 1 aromatic carbocycles. The molecule has 0 radical (unpaired) electrons. The Bertz CT molecular complexity index is 1030. The van der Waals surface area contributed by atoms with Crippen LogP contribution in [-0.2, 0) is 22.0 Å². The third-order valence-electron chi connectivity index (χ3n) is 4.43. The van der Waals surface area contributed by atoms with Gasteiger partial charge in [-0.1, -0.05) is 41.6 Å². The molecule has 2 aromatic heterocycles. The van der Waals surface area contributed by atoms with E-state index in [0.29, 0.717) is 29.7 Å². The zero-order valence-corrected chi connectivity index (χ0v) is 17.2. The predicted molar refractivity (Wildman–Crippen MR) is 107 cm³/mol. The molecule has 0 amide bonds. The first kappa shape index (κ1) is 18.6. The van der Waals surface area contributed by atoms with Gasteiger partial charge in [0.2, 0.25) is 5.89 Å². The monoisotopic (exact) mass is 421 g/mol. The molecule has 1 aliphatic heterocycles. The highest BCUT2D eigenvalue weighted by Gasteiger charge is 2.29. The summed E-state index contributed by atoms with van der Waals surface area (Å²) >= 11 is 3.07. The van der Waals surface area contributed by atoms with Gasteiger partial charge in [-0.05, 0) is 19.3 Å². The molecular formula is C18H19N3O3S3. The number of aromatic nitrogens is 3. The molecule has 1 fully saturated rings. The lowest BCUT2D eigenvalue weighted by molar-refractivity contribution is 0.389. The Hall–Kier alpha value is -1.71. The molecule has 3 aromatic rings. The van der Waals surface area contributed by atoms with Crippen LogP contribution < -0.4 is 0 Å². The first-order chi connectivity index (χ1) is 13.0. The Kier molecular flexibility index (Phi) is 5.34. The van der Waals surface area contributed by atoms with E-state index in [0.717, 1.165) is 16.3 Å². The predicted octanol–water partition coefficient (Wildman–Crippen LogP) is 3.77. The third kappa shape index (κ3) is 4.77. The molecule has 0 bridgehead atoms.